The summed E-state index contributed by atoms with van der Waals surface area (Å²) in [6.07, 6.45) is -6.85. The quantitative estimate of drug-likeness (QED) is 0.530. The summed E-state index contributed by atoms with van der Waals surface area (Å²) in [6, 6.07) is 5.39. The average Bonchev–Trinajstić information content (AvgIpc) is 3.04. The lowest BCUT2D eigenvalue weighted by Gasteiger charge is -2.20. The number of alkyl halides is 3. The monoisotopic (exact) mass is 484 g/mol. The van der Waals surface area contributed by atoms with Crippen LogP contribution in [0.25, 0.3) is 5.69 Å². The van der Waals surface area contributed by atoms with Crippen molar-refractivity contribution in [2.24, 2.45) is 7.05 Å². The highest BCUT2D eigenvalue weighted by atomic mass is 19.4. The van der Waals surface area contributed by atoms with E-state index in [1.807, 2.05) is 0 Å². The molecule has 1 heterocycles. The van der Waals surface area contributed by atoms with E-state index in [0.717, 1.165) is 16.7 Å². The third kappa shape index (κ3) is 4.80. The molecular formula is C22H21F5N4O3. The molecule has 34 heavy (non-hydrogen) atoms. The number of carbonyl (C=O) groups is 1. The summed E-state index contributed by atoms with van der Waals surface area (Å²) in [5, 5.41) is 6.23. The van der Waals surface area contributed by atoms with Gasteiger partial charge in [-0.25, -0.2) is 13.6 Å². The smallest absolute Gasteiger partial charge is 0.425 e. The molecule has 7 nitrogen and oxygen atoms in total. The standard InChI is InChI=1S/C22H21F5N4O3/c1-5-18-29-31(21(33)30(18)4)16-10-17(34-12(3)22(25,26)27)13(9-15(16)24)20(32)28-19-11(2)7-6-8-14(19)23/h6-10,12H,5H2,1-4H3,(H,28,32)/t12-/m0/s1. The highest BCUT2D eigenvalue weighted by Gasteiger charge is 2.39. The molecule has 3 rings (SSSR count). The second-order valence-corrected chi connectivity index (χ2v) is 7.51. The molecule has 0 aliphatic rings. The molecule has 0 aliphatic carbocycles. The number of rotatable bonds is 6. The SMILES string of the molecule is CCc1nn(-c2cc(O[C@@H](C)C(F)(F)F)c(C(=O)Nc3c(C)cccc3F)cc2F)c(=O)n1C. The lowest BCUT2D eigenvalue weighted by atomic mass is 10.1. The number of benzene rings is 2. The topological polar surface area (TPSA) is 78.2 Å². The van der Waals surface area contributed by atoms with Crippen LogP contribution < -0.4 is 15.7 Å². The normalized spacial score (nSPS) is 12.5. The van der Waals surface area contributed by atoms with E-state index in [1.165, 1.54) is 26.1 Å². The van der Waals surface area contributed by atoms with Gasteiger partial charge in [0, 0.05) is 19.5 Å². The molecule has 12 heteroatoms. The minimum absolute atomic E-state index is 0.222. The molecule has 0 saturated heterocycles. The first-order valence-corrected chi connectivity index (χ1v) is 10.1. The van der Waals surface area contributed by atoms with Gasteiger partial charge >= 0.3 is 11.9 Å². The third-order valence-corrected chi connectivity index (χ3v) is 5.13. The number of nitrogens with one attached hydrogen (secondary N) is 1. The Morgan fingerprint density at radius 3 is 2.44 bits per heavy atom. The Kier molecular flexibility index (Phi) is 6.80. The van der Waals surface area contributed by atoms with Crippen molar-refractivity contribution in [2.75, 3.05) is 5.32 Å². The molecule has 2 aromatic carbocycles. The molecule has 0 radical (unpaired) electrons. The van der Waals surface area contributed by atoms with Crippen LogP contribution in [0.3, 0.4) is 0 Å². The third-order valence-electron chi connectivity index (χ3n) is 5.13. The van der Waals surface area contributed by atoms with Crippen LogP contribution in [-0.4, -0.2) is 32.5 Å². The molecule has 1 aromatic heterocycles. The Hall–Kier alpha value is -3.70. The van der Waals surface area contributed by atoms with E-state index in [-0.39, 0.29) is 5.69 Å². The van der Waals surface area contributed by atoms with Crippen molar-refractivity contribution < 1.29 is 31.5 Å². The largest absolute Gasteiger partial charge is 0.480 e. The van der Waals surface area contributed by atoms with Gasteiger partial charge in [0.1, 0.15) is 28.9 Å². The maximum atomic E-state index is 15.0. The highest BCUT2D eigenvalue weighted by Crippen LogP contribution is 2.31. The Labute approximate surface area is 190 Å². The summed E-state index contributed by atoms with van der Waals surface area (Å²) in [5.41, 5.74) is -1.77. The molecule has 1 atom stereocenters. The zero-order valence-corrected chi connectivity index (χ0v) is 18.6. The Balaban J connectivity index is 2.14. The lowest BCUT2D eigenvalue weighted by Crippen LogP contribution is -2.32. The van der Waals surface area contributed by atoms with Crippen molar-refractivity contribution in [3.05, 3.63) is 69.4 Å². The maximum absolute atomic E-state index is 15.0. The molecular weight excluding hydrogens is 463 g/mol. The predicted molar refractivity (Wildman–Crippen MR) is 113 cm³/mol. The predicted octanol–water partition coefficient (Wildman–Crippen LogP) is 4.30. The number of ether oxygens (including phenoxy) is 1. The van der Waals surface area contributed by atoms with E-state index >= 15 is 4.39 Å². The maximum Gasteiger partial charge on any atom is 0.425 e. The van der Waals surface area contributed by atoms with Crippen molar-refractivity contribution >= 4 is 11.6 Å². The van der Waals surface area contributed by atoms with E-state index in [4.69, 9.17) is 4.74 Å². The van der Waals surface area contributed by atoms with Crippen LogP contribution >= 0.6 is 0 Å². The van der Waals surface area contributed by atoms with E-state index < -0.39 is 52.5 Å². The number of nitrogens with zero attached hydrogens (tertiary/aromatic N) is 3. The summed E-state index contributed by atoms with van der Waals surface area (Å²) in [6.45, 7) is 3.92. The van der Waals surface area contributed by atoms with Crippen LogP contribution in [-0.2, 0) is 13.5 Å². The first-order valence-electron chi connectivity index (χ1n) is 10.1. The number of halogens is 5. The number of carbonyl (C=O) groups excluding carboxylic acids is 1. The average molecular weight is 484 g/mol. The second kappa shape index (κ2) is 9.27. The fraction of sp³-hybridized carbons (Fsp3) is 0.318. The van der Waals surface area contributed by atoms with Gasteiger partial charge in [0.05, 0.1) is 11.3 Å². The van der Waals surface area contributed by atoms with Gasteiger partial charge in [-0.05, 0) is 31.5 Å². The number of aryl methyl sites for hydroxylation is 2. The Bertz CT molecular complexity index is 1280. The molecule has 0 unspecified atom stereocenters. The van der Waals surface area contributed by atoms with Gasteiger partial charge in [-0.3, -0.25) is 9.36 Å². The van der Waals surface area contributed by atoms with Crippen molar-refractivity contribution in [3.63, 3.8) is 0 Å². The van der Waals surface area contributed by atoms with Crippen molar-refractivity contribution in [1.82, 2.24) is 14.3 Å². The van der Waals surface area contributed by atoms with Gasteiger partial charge < -0.3 is 10.1 Å². The Morgan fingerprint density at radius 2 is 1.88 bits per heavy atom. The molecule has 182 valence electrons. The lowest BCUT2D eigenvalue weighted by molar-refractivity contribution is -0.189. The molecule has 3 aromatic rings. The number of aromatic nitrogens is 3. The summed E-state index contributed by atoms with van der Waals surface area (Å²) in [5.74, 6) is -3.38. The van der Waals surface area contributed by atoms with Gasteiger partial charge in [0.2, 0.25) is 0 Å². The minimum Gasteiger partial charge on any atom is -0.480 e. The molecule has 0 spiro atoms. The molecule has 0 bridgehead atoms. The van der Waals surface area contributed by atoms with Crippen LogP contribution in [0.1, 0.15) is 35.6 Å². The fourth-order valence-electron chi connectivity index (χ4n) is 3.15. The van der Waals surface area contributed by atoms with Crippen LogP contribution in [0.15, 0.2) is 35.1 Å². The van der Waals surface area contributed by atoms with Gasteiger partial charge in [0.15, 0.2) is 6.10 Å². The molecule has 1 N–H and O–H groups in total. The summed E-state index contributed by atoms with van der Waals surface area (Å²) >= 11 is 0. The molecule has 0 fully saturated rings. The van der Waals surface area contributed by atoms with Crippen LogP contribution in [0.5, 0.6) is 5.75 Å². The number of amides is 1. The van der Waals surface area contributed by atoms with Crippen LogP contribution in [0.2, 0.25) is 0 Å². The summed E-state index contributed by atoms with van der Waals surface area (Å²) in [4.78, 5) is 25.3. The van der Waals surface area contributed by atoms with Gasteiger partial charge in [-0.15, -0.1) is 5.10 Å². The number of anilines is 1. The number of hydrogen-bond acceptors (Lipinski definition) is 4. The van der Waals surface area contributed by atoms with Gasteiger partial charge in [-0.2, -0.15) is 17.9 Å². The minimum atomic E-state index is -4.80. The zero-order valence-electron chi connectivity index (χ0n) is 18.6. The summed E-state index contributed by atoms with van der Waals surface area (Å²) in [7, 11) is 1.41. The van der Waals surface area contributed by atoms with E-state index in [2.05, 4.69) is 10.4 Å². The van der Waals surface area contributed by atoms with Crippen molar-refractivity contribution in [1.29, 1.82) is 0 Å². The first kappa shape index (κ1) is 24.9. The number of hydrogen-bond donors (Lipinski definition) is 1. The highest BCUT2D eigenvalue weighted by molar-refractivity contribution is 6.06. The Morgan fingerprint density at radius 1 is 1.21 bits per heavy atom. The van der Waals surface area contributed by atoms with Crippen molar-refractivity contribution in [2.45, 2.75) is 39.5 Å². The van der Waals surface area contributed by atoms with Gasteiger partial charge in [-0.1, -0.05) is 19.1 Å². The number of para-hydroxylation sites is 1. The first-order chi connectivity index (χ1) is 15.8. The van der Waals surface area contributed by atoms with E-state index in [1.54, 1.807) is 6.92 Å². The second-order valence-electron chi connectivity index (χ2n) is 7.51. The van der Waals surface area contributed by atoms with E-state index in [9.17, 15) is 27.2 Å². The molecule has 0 aliphatic heterocycles. The van der Waals surface area contributed by atoms with Crippen molar-refractivity contribution in [3.8, 4) is 11.4 Å². The molecule has 1 amide bonds. The van der Waals surface area contributed by atoms with Gasteiger partial charge in [0.25, 0.3) is 5.91 Å². The van der Waals surface area contributed by atoms with Crippen LogP contribution in [0.4, 0.5) is 27.6 Å². The molecule has 0 saturated carbocycles. The fourth-order valence-corrected chi connectivity index (χ4v) is 3.15. The zero-order chi connectivity index (χ0) is 25.4. The summed E-state index contributed by atoms with van der Waals surface area (Å²) < 4.78 is 75.5. The van der Waals surface area contributed by atoms with E-state index in [0.29, 0.717) is 35.5 Å². The van der Waals surface area contributed by atoms with Crippen LogP contribution in [0, 0.1) is 18.6 Å².